The molecule has 1 aromatic heterocycles. The lowest BCUT2D eigenvalue weighted by molar-refractivity contribution is 0.354. The van der Waals surface area contributed by atoms with Crippen molar-refractivity contribution in [3.8, 4) is 11.5 Å². The summed E-state index contributed by atoms with van der Waals surface area (Å²) < 4.78 is 10.6. The lowest BCUT2D eigenvalue weighted by Gasteiger charge is -2.20. The van der Waals surface area contributed by atoms with Gasteiger partial charge in [0.2, 0.25) is 0 Å². The van der Waals surface area contributed by atoms with Crippen LogP contribution in [0, 0.1) is 6.92 Å². The lowest BCUT2D eigenvalue weighted by atomic mass is 9.97. The summed E-state index contributed by atoms with van der Waals surface area (Å²) in [5.74, 6) is 6.78. The summed E-state index contributed by atoms with van der Waals surface area (Å²) >= 11 is 6.25. The van der Waals surface area contributed by atoms with Crippen LogP contribution in [0.2, 0.25) is 5.02 Å². The Morgan fingerprint density at radius 2 is 2.05 bits per heavy atom. The third-order valence-corrected chi connectivity index (χ3v) is 3.63. The summed E-state index contributed by atoms with van der Waals surface area (Å²) in [5, 5.41) is 0.466. The standard InChI is InChI=1S/C15H18ClN3O2/c1-9-4-5-18-8-11(9)14(19-17)10-6-12(16)15(21-3)13(7-10)20-2/h4-8,14,19H,17H2,1-3H3. The van der Waals surface area contributed by atoms with Crippen molar-refractivity contribution in [1.82, 2.24) is 10.4 Å². The molecule has 1 heterocycles. The van der Waals surface area contributed by atoms with Crippen molar-refractivity contribution in [3.05, 3.63) is 52.3 Å². The van der Waals surface area contributed by atoms with Gasteiger partial charge < -0.3 is 9.47 Å². The number of nitrogens with two attached hydrogens (primary N) is 1. The van der Waals surface area contributed by atoms with Gasteiger partial charge in [0.25, 0.3) is 0 Å². The Labute approximate surface area is 129 Å². The fourth-order valence-electron chi connectivity index (χ4n) is 2.25. The molecule has 1 aromatic carbocycles. The molecule has 2 aromatic rings. The first-order valence-corrected chi connectivity index (χ1v) is 6.78. The maximum absolute atomic E-state index is 6.25. The van der Waals surface area contributed by atoms with Crippen LogP contribution in [0.5, 0.6) is 11.5 Å². The average Bonchev–Trinajstić information content (AvgIpc) is 2.49. The van der Waals surface area contributed by atoms with Gasteiger partial charge in [-0.1, -0.05) is 11.6 Å². The largest absolute Gasteiger partial charge is 0.493 e. The monoisotopic (exact) mass is 307 g/mol. The fraction of sp³-hybridized carbons (Fsp3) is 0.267. The van der Waals surface area contributed by atoms with Crippen molar-refractivity contribution in [3.63, 3.8) is 0 Å². The SMILES string of the molecule is COc1cc(C(NN)c2cnccc2C)cc(Cl)c1OC. The van der Waals surface area contributed by atoms with Gasteiger partial charge in [-0.3, -0.25) is 10.8 Å². The molecule has 0 saturated heterocycles. The van der Waals surface area contributed by atoms with E-state index in [1.54, 1.807) is 32.7 Å². The zero-order valence-electron chi connectivity index (χ0n) is 12.2. The number of nitrogens with one attached hydrogen (secondary N) is 1. The molecule has 0 aliphatic rings. The molecule has 0 amide bonds. The van der Waals surface area contributed by atoms with E-state index in [0.29, 0.717) is 16.5 Å². The van der Waals surface area contributed by atoms with Crippen LogP contribution in [0.3, 0.4) is 0 Å². The van der Waals surface area contributed by atoms with E-state index in [1.807, 2.05) is 19.1 Å². The quantitative estimate of drug-likeness (QED) is 0.656. The summed E-state index contributed by atoms with van der Waals surface area (Å²) in [7, 11) is 3.12. The minimum atomic E-state index is -0.240. The number of benzene rings is 1. The van der Waals surface area contributed by atoms with Gasteiger partial charge in [0.15, 0.2) is 11.5 Å². The molecule has 2 rings (SSSR count). The molecule has 0 fully saturated rings. The minimum Gasteiger partial charge on any atom is -0.493 e. The summed E-state index contributed by atoms with van der Waals surface area (Å²) in [4.78, 5) is 4.15. The fourth-order valence-corrected chi connectivity index (χ4v) is 2.54. The Kier molecular flexibility index (Phi) is 5.01. The maximum Gasteiger partial charge on any atom is 0.179 e. The Balaban J connectivity index is 2.53. The van der Waals surface area contributed by atoms with Gasteiger partial charge in [0, 0.05) is 12.4 Å². The number of nitrogens with zero attached hydrogens (tertiary/aromatic N) is 1. The van der Waals surface area contributed by atoms with Crippen molar-refractivity contribution in [1.29, 1.82) is 0 Å². The molecule has 3 N–H and O–H groups in total. The van der Waals surface area contributed by atoms with E-state index < -0.39 is 0 Å². The van der Waals surface area contributed by atoms with Gasteiger partial charge in [-0.25, -0.2) is 5.43 Å². The number of hydrogen-bond donors (Lipinski definition) is 2. The van der Waals surface area contributed by atoms with Crippen molar-refractivity contribution >= 4 is 11.6 Å². The van der Waals surface area contributed by atoms with Crippen LogP contribution >= 0.6 is 11.6 Å². The second-order valence-electron chi connectivity index (χ2n) is 4.57. The van der Waals surface area contributed by atoms with Crippen LogP contribution in [0.1, 0.15) is 22.7 Å². The average molecular weight is 308 g/mol. The predicted molar refractivity (Wildman–Crippen MR) is 82.7 cm³/mol. The number of ether oxygens (including phenoxy) is 2. The van der Waals surface area contributed by atoms with Crippen molar-refractivity contribution in [2.24, 2.45) is 5.84 Å². The number of methoxy groups -OCH3 is 2. The van der Waals surface area contributed by atoms with Crippen LogP contribution < -0.4 is 20.7 Å². The van der Waals surface area contributed by atoms with E-state index in [2.05, 4.69) is 10.4 Å². The molecule has 0 saturated carbocycles. The first kappa shape index (κ1) is 15.6. The van der Waals surface area contributed by atoms with Crippen molar-refractivity contribution in [2.75, 3.05) is 14.2 Å². The number of pyridine rings is 1. The van der Waals surface area contributed by atoms with E-state index in [-0.39, 0.29) is 6.04 Å². The summed E-state index contributed by atoms with van der Waals surface area (Å²) in [5.41, 5.74) is 5.73. The number of aromatic nitrogens is 1. The van der Waals surface area contributed by atoms with Crippen LogP contribution in [-0.2, 0) is 0 Å². The van der Waals surface area contributed by atoms with E-state index in [9.17, 15) is 0 Å². The van der Waals surface area contributed by atoms with Gasteiger partial charge in [0.1, 0.15) is 0 Å². The topological polar surface area (TPSA) is 69.4 Å². The van der Waals surface area contributed by atoms with Crippen LogP contribution in [0.25, 0.3) is 0 Å². The molecule has 0 bridgehead atoms. The van der Waals surface area contributed by atoms with E-state index in [0.717, 1.165) is 16.7 Å². The molecule has 5 nitrogen and oxygen atoms in total. The number of halogens is 1. The van der Waals surface area contributed by atoms with Gasteiger partial charge in [-0.15, -0.1) is 0 Å². The maximum atomic E-state index is 6.25. The molecule has 6 heteroatoms. The molecule has 112 valence electrons. The van der Waals surface area contributed by atoms with Gasteiger partial charge in [-0.05, 0) is 41.8 Å². The molecular formula is C15H18ClN3O2. The Morgan fingerprint density at radius 1 is 1.29 bits per heavy atom. The normalized spacial score (nSPS) is 12.0. The molecule has 0 radical (unpaired) electrons. The molecular weight excluding hydrogens is 290 g/mol. The van der Waals surface area contributed by atoms with E-state index in [1.165, 1.54) is 0 Å². The van der Waals surface area contributed by atoms with Gasteiger partial charge in [-0.2, -0.15) is 0 Å². The number of aryl methyl sites for hydroxylation is 1. The molecule has 1 atom stereocenters. The highest BCUT2D eigenvalue weighted by Crippen LogP contribution is 2.38. The molecule has 21 heavy (non-hydrogen) atoms. The van der Waals surface area contributed by atoms with Crippen LogP contribution in [-0.4, -0.2) is 19.2 Å². The van der Waals surface area contributed by atoms with E-state index in [4.69, 9.17) is 26.9 Å². The Hall–Kier alpha value is -1.82. The van der Waals surface area contributed by atoms with E-state index >= 15 is 0 Å². The lowest BCUT2D eigenvalue weighted by Crippen LogP contribution is -2.29. The zero-order valence-corrected chi connectivity index (χ0v) is 12.9. The predicted octanol–water partition coefficient (Wildman–Crippen LogP) is 2.61. The highest BCUT2D eigenvalue weighted by Gasteiger charge is 2.19. The molecule has 0 spiro atoms. The number of rotatable bonds is 5. The highest BCUT2D eigenvalue weighted by molar-refractivity contribution is 6.32. The third kappa shape index (κ3) is 3.10. The van der Waals surface area contributed by atoms with Crippen LogP contribution in [0.4, 0.5) is 0 Å². The molecule has 0 aliphatic heterocycles. The molecule has 1 unspecified atom stereocenters. The summed E-state index contributed by atoms with van der Waals surface area (Å²) in [6.07, 6.45) is 3.53. The Morgan fingerprint density at radius 3 is 2.62 bits per heavy atom. The highest BCUT2D eigenvalue weighted by atomic mass is 35.5. The number of hydrazine groups is 1. The van der Waals surface area contributed by atoms with Gasteiger partial charge >= 0.3 is 0 Å². The smallest absolute Gasteiger partial charge is 0.179 e. The first-order valence-electron chi connectivity index (χ1n) is 6.40. The number of hydrogen-bond acceptors (Lipinski definition) is 5. The summed E-state index contributed by atoms with van der Waals surface area (Å²) in [6.45, 7) is 2.00. The zero-order chi connectivity index (χ0) is 15.4. The minimum absolute atomic E-state index is 0.240. The second-order valence-corrected chi connectivity index (χ2v) is 4.98. The van der Waals surface area contributed by atoms with Crippen molar-refractivity contribution in [2.45, 2.75) is 13.0 Å². The van der Waals surface area contributed by atoms with Crippen molar-refractivity contribution < 1.29 is 9.47 Å². The summed E-state index contributed by atoms with van der Waals surface area (Å²) in [6, 6.07) is 5.35. The van der Waals surface area contributed by atoms with Gasteiger partial charge in [0.05, 0.1) is 25.3 Å². The second kappa shape index (κ2) is 6.76. The Bertz CT molecular complexity index is 634. The molecule has 0 aliphatic carbocycles. The third-order valence-electron chi connectivity index (χ3n) is 3.35. The van der Waals surface area contributed by atoms with Crippen LogP contribution in [0.15, 0.2) is 30.6 Å². The first-order chi connectivity index (χ1) is 10.1.